The topological polar surface area (TPSA) is 32.3 Å². The lowest BCUT2D eigenvalue weighted by Gasteiger charge is -2.17. The second kappa shape index (κ2) is 5.65. The minimum absolute atomic E-state index is 0.293. The van der Waals surface area contributed by atoms with Crippen LogP contribution in [0.25, 0.3) is 0 Å². The van der Waals surface area contributed by atoms with Crippen molar-refractivity contribution >= 4 is 0 Å². The predicted octanol–water partition coefficient (Wildman–Crippen LogP) is 2.55. The van der Waals surface area contributed by atoms with Gasteiger partial charge < -0.3 is 10.4 Å². The van der Waals surface area contributed by atoms with E-state index in [4.69, 9.17) is 5.11 Å². The fourth-order valence-corrected chi connectivity index (χ4v) is 2.56. The maximum absolute atomic E-state index is 9.06. The molecule has 0 spiro atoms. The highest BCUT2D eigenvalue weighted by atomic mass is 16.3. The third-order valence-electron chi connectivity index (χ3n) is 3.48. The molecule has 17 heavy (non-hydrogen) atoms. The summed E-state index contributed by atoms with van der Waals surface area (Å²) < 4.78 is 0. The normalized spacial score (nSPS) is 17.1. The molecule has 1 unspecified atom stereocenters. The summed E-state index contributed by atoms with van der Waals surface area (Å²) in [5, 5.41) is 12.7. The molecule has 1 aliphatic carbocycles. The highest BCUT2D eigenvalue weighted by molar-refractivity contribution is 5.28. The molecule has 0 heterocycles. The van der Waals surface area contributed by atoms with E-state index in [1.54, 1.807) is 0 Å². The third kappa shape index (κ3) is 3.83. The largest absolute Gasteiger partial charge is 0.396 e. The first-order chi connectivity index (χ1) is 8.19. The van der Waals surface area contributed by atoms with Crippen molar-refractivity contribution in [1.29, 1.82) is 0 Å². The first kappa shape index (κ1) is 12.6. The van der Waals surface area contributed by atoms with E-state index >= 15 is 0 Å². The maximum Gasteiger partial charge on any atom is 0.0445 e. The Balaban J connectivity index is 1.91. The number of aryl methyl sites for hydroxylation is 2. The number of hydrogen-bond donors (Lipinski definition) is 2. The zero-order valence-electron chi connectivity index (χ0n) is 10.9. The third-order valence-corrected chi connectivity index (χ3v) is 3.48. The molecule has 0 aliphatic heterocycles. The molecule has 0 radical (unpaired) electrons. The summed E-state index contributed by atoms with van der Waals surface area (Å²) >= 11 is 0. The molecule has 1 atom stereocenters. The molecule has 0 amide bonds. The quantitative estimate of drug-likeness (QED) is 0.791. The van der Waals surface area contributed by atoms with Crippen LogP contribution in [0.4, 0.5) is 0 Å². The Labute approximate surface area is 104 Å². The van der Waals surface area contributed by atoms with E-state index in [0.717, 1.165) is 18.9 Å². The van der Waals surface area contributed by atoms with Crippen molar-refractivity contribution in [2.24, 2.45) is 5.92 Å². The Hall–Kier alpha value is -0.860. The summed E-state index contributed by atoms with van der Waals surface area (Å²) in [4.78, 5) is 0. The molecule has 0 saturated heterocycles. The van der Waals surface area contributed by atoms with E-state index in [2.05, 4.69) is 37.4 Å². The first-order valence-corrected chi connectivity index (χ1v) is 6.60. The van der Waals surface area contributed by atoms with Crippen LogP contribution in [0.2, 0.25) is 0 Å². The van der Waals surface area contributed by atoms with Gasteiger partial charge in [-0.2, -0.15) is 0 Å². The molecule has 94 valence electrons. The standard InChI is InChI=1S/C15H23NO/c1-11-7-12(2)9-13(8-11)10-16-15(5-6-17)14-3-4-14/h7-9,14-17H,3-6,10H2,1-2H3. The van der Waals surface area contributed by atoms with Gasteiger partial charge in [-0.3, -0.25) is 0 Å². The second-order valence-corrected chi connectivity index (χ2v) is 5.33. The smallest absolute Gasteiger partial charge is 0.0445 e. The van der Waals surface area contributed by atoms with Crippen molar-refractivity contribution in [1.82, 2.24) is 5.32 Å². The van der Waals surface area contributed by atoms with Gasteiger partial charge >= 0.3 is 0 Å². The predicted molar refractivity (Wildman–Crippen MR) is 71.0 cm³/mol. The zero-order chi connectivity index (χ0) is 12.3. The van der Waals surface area contributed by atoms with Gasteiger partial charge in [-0.1, -0.05) is 29.3 Å². The van der Waals surface area contributed by atoms with Crippen LogP contribution in [-0.2, 0) is 6.54 Å². The maximum atomic E-state index is 9.06. The molecule has 2 N–H and O–H groups in total. The van der Waals surface area contributed by atoms with E-state index in [-0.39, 0.29) is 0 Å². The summed E-state index contributed by atoms with van der Waals surface area (Å²) in [6.07, 6.45) is 3.53. The summed E-state index contributed by atoms with van der Waals surface area (Å²) in [6.45, 7) is 5.50. The molecule has 1 fully saturated rings. The molecular weight excluding hydrogens is 210 g/mol. The number of aliphatic hydroxyl groups excluding tert-OH is 1. The van der Waals surface area contributed by atoms with Crippen LogP contribution < -0.4 is 5.32 Å². The lowest BCUT2D eigenvalue weighted by atomic mass is 10.1. The van der Waals surface area contributed by atoms with Crippen LogP contribution in [-0.4, -0.2) is 17.8 Å². The summed E-state index contributed by atoms with van der Waals surface area (Å²) in [7, 11) is 0. The Kier molecular flexibility index (Phi) is 4.19. The number of benzene rings is 1. The van der Waals surface area contributed by atoms with Crippen LogP contribution in [0.3, 0.4) is 0 Å². The lowest BCUT2D eigenvalue weighted by Crippen LogP contribution is -2.31. The van der Waals surface area contributed by atoms with Crippen LogP contribution in [0.1, 0.15) is 36.0 Å². The molecule has 0 aromatic heterocycles. The van der Waals surface area contributed by atoms with Gasteiger partial charge in [0, 0.05) is 19.2 Å². The highest BCUT2D eigenvalue weighted by Gasteiger charge is 2.30. The molecule has 1 saturated carbocycles. The van der Waals surface area contributed by atoms with Crippen molar-refractivity contribution in [3.05, 3.63) is 34.9 Å². The van der Waals surface area contributed by atoms with Gasteiger partial charge in [0.1, 0.15) is 0 Å². The van der Waals surface area contributed by atoms with Gasteiger partial charge in [-0.15, -0.1) is 0 Å². The zero-order valence-corrected chi connectivity index (χ0v) is 10.9. The lowest BCUT2D eigenvalue weighted by molar-refractivity contribution is 0.255. The molecule has 1 aromatic rings. The van der Waals surface area contributed by atoms with Gasteiger partial charge in [0.25, 0.3) is 0 Å². The summed E-state index contributed by atoms with van der Waals surface area (Å²) in [6, 6.07) is 7.18. The van der Waals surface area contributed by atoms with Crippen LogP contribution >= 0.6 is 0 Å². The van der Waals surface area contributed by atoms with E-state index in [1.807, 2.05) is 0 Å². The van der Waals surface area contributed by atoms with Gasteiger partial charge in [-0.05, 0) is 44.6 Å². The SMILES string of the molecule is Cc1cc(C)cc(CNC(CCO)C2CC2)c1. The van der Waals surface area contributed by atoms with Gasteiger partial charge in [0.15, 0.2) is 0 Å². The molecule has 1 aromatic carbocycles. The van der Waals surface area contributed by atoms with E-state index < -0.39 is 0 Å². The van der Waals surface area contributed by atoms with Crippen molar-refractivity contribution in [2.45, 2.75) is 45.7 Å². The molecule has 0 bridgehead atoms. The average molecular weight is 233 g/mol. The number of rotatable bonds is 6. The summed E-state index contributed by atoms with van der Waals surface area (Å²) in [5.74, 6) is 0.799. The fourth-order valence-electron chi connectivity index (χ4n) is 2.56. The number of aliphatic hydroxyl groups is 1. The minimum atomic E-state index is 0.293. The number of hydrogen-bond acceptors (Lipinski definition) is 2. The molecular formula is C15H23NO. The van der Waals surface area contributed by atoms with Gasteiger partial charge in [0.2, 0.25) is 0 Å². The fraction of sp³-hybridized carbons (Fsp3) is 0.600. The van der Waals surface area contributed by atoms with Crippen molar-refractivity contribution in [2.75, 3.05) is 6.61 Å². The van der Waals surface area contributed by atoms with Crippen molar-refractivity contribution in [3.63, 3.8) is 0 Å². The van der Waals surface area contributed by atoms with Gasteiger partial charge in [-0.25, -0.2) is 0 Å². The van der Waals surface area contributed by atoms with Crippen LogP contribution in [0.15, 0.2) is 18.2 Å². The Bertz CT molecular complexity index is 351. The number of nitrogens with one attached hydrogen (secondary N) is 1. The highest BCUT2D eigenvalue weighted by Crippen LogP contribution is 2.34. The van der Waals surface area contributed by atoms with E-state index in [9.17, 15) is 0 Å². The second-order valence-electron chi connectivity index (χ2n) is 5.33. The monoisotopic (exact) mass is 233 g/mol. The van der Waals surface area contributed by atoms with Crippen LogP contribution in [0, 0.1) is 19.8 Å². The van der Waals surface area contributed by atoms with Crippen LogP contribution in [0.5, 0.6) is 0 Å². The van der Waals surface area contributed by atoms with E-state index in [0.29, 0.717) is 12.6 Å². The molecule has 1 aliphatic rings. The summed E-state index contributed by atoms with van der Waals surface area (Å²) in [5.41, 5.74) is 4.00. The molecule has 2 rings (SSSR count). The average Bonchev–Trinajstić information content (AvgIpc) is 3.06. The van der Waals surface area contributed by atoms with Crippen molar-refractivity contribution in [3.8, 4) is 0 Å². The molecule has 2 nitrogen and oxygen atoms in total. The van der Waals surface area contributed by atoms with Crippen molar-refractivity contribution < 1.29 is 5.11 Å². The Morgan fingerprint density at radius 2 is 1.88 bits per heavy atom. The Morgan fingerprint density at radius 1 is 1.24 bits per heavy atom. The first-order valence-electron chi connectivity index (χ1n) is 6.60. The minimum Gasteiger partial charge on any atom is -0.396 e. The van der Waals surface area contributed by atoms with E-state index in [1.165, 1.54) is 29.5 Å². The van der Waals surface area contributed by atoms with Gasteiger partial charge in [0.05, 0.1) is 0 Å². The molecule has 2 heteroatoms. The Morgan fingerprint density at radius 3 is 2.41 bits per heavy atom.